The van der Waals surface area contributed by atoms with Crippen LogP contribution in [0.25, 0.3) is 16.6 Å². The predicted octanol–water partition coefficient (Wildman–Crippen LogP) is 3.22. The van der Waals surface area contributed by atoms with E-state index in [1.54, 1.807) is 22.5 Å². The minimum atomic E-state index is -0.148. The van der Waals surface area contributed by atoms with Gasteiger partial charge in [0.15, 0.2) is 5.16 Å². The molecule has 1 N–H and O–H groups in total. The molecule has 2 amide bonds. The number of hydrogen-bond acceptors (Lipinski definition) is 5. The van der Waals surface area contributed by atoms with Crippen molar-refractivity contribution in [1.29, 1.82) is 0 Å². The zero-order valence-corrected chi connectivity index (χ0v) is 19.9. The van der Waals surface area contributed by atoms with Gasteiger partial charge in [0, 0.05) is 26.1 Å². The maximum absolute atomic E-state index is 13.4. The van der Waals surface area contributed by atoms with E-state index >= 15 is 0 Å². The summed E-state index contributed by atoms with van der Waals surface area (Å²) in [7, 11) is 0. The first-order valence-electron chi connectivity index (χ1n) is 11.1. The number of nitrogens with one attached hydrogen (secondary N) is 1. The second kappa shape index (κ2) is 9.79. The number of hydrogen-bond donors (Lipinski definition) is 1. The lowest BCUT2D eigenvalue weighted by molar-refractivity contribution is -0.130. The molecule has 0 spiro atoms. The SMILES string of the molecule is CC(=O)N1CCC(NC(=O)CSc2nc3ccccc3c(=O)n2-c2cc(C)cc(C)c2)CC1. The van der Waals surface area contributed by atoms with Crippen LogP contribution in [-0.4, -0.2) is 51.1 Å². The van der Waals surface area contributed by atoms with Gasteiger partial charge < -0.3 is 10.2 Å². The number of aryl methyl sites for hydroxylation is 2. The Bertz CT molecular complexity index is 1240. The lowest BCUT2D eigenvalue weighted by atomic mass is 10.1. The van der Waals surface area contributed by atoms with E-state index < -0.39 is 0 Å². The Morgan fingerprint density at radius 3 is 2.42 bits per heavy atom. The van der Waals surface area contributed by atoms with Crippen LogP contribution in [0, 0.1) is 13.8 Å². The topological polar surface area (TPSA) is 84.3 Å². The first-order valence-corrected chi connectivity index (χ1v) is 12.1. The molecule has 4 rings (SSSR count). The summed E-state index contributed by atoms with van der Waals surface area (Å²) in [5, 5.41) is 4.10. The van der Waals surface area contributed by atoms with Crippen molar-refractivity contribution in [2.24, 2.45) is 0 Å². The van der Waals surface area contributed by atoms with E-state index in [1.165, 1.54) is 11.8 Å². The molecule has 7 nitrogen and oxygen atoms in total. The number of carbonyl (C=O) groups is 2. The number of para-hydroxylation sites is 1. The highest BCUT2D eigenvalue weighted by Gasteiger charge is 2.22. The number of likely N-dealkylation sites (tertiary alicyclic amines) is 1. The molecule has 0 aliphatic carbocycles. The summed E-state index contributed by atoms with van der Waals surface area (Å²) < 4.78 is 1.60. The van der Waals surface area contributed by atoms with Crippen molar-refractivity contribution in [1.82, 2.24) is 19.8 Å². The zero-order chi connectivity index (χ0) is 23.5. The van der Waals surface area contributed by atoms with Crippen LogP contribution in [0.2, 0.25) is 0 Å². The van der Waals surface area contributed by atoms with E-state index in [1.807, 2.05) is 44.2 Å². The Hall–Kier alpha value is -3.13. The molecule has 0 unspecified atom stereocenters. The van der Waals surface area contributed by atoms with E-state index in [9.17, 15) is 14.4 Å². The van der Waals surface area contributed by atoms with Gasteiger partial charge in [-0.05, 0) is 62.1 Å². The van der Waals surface area contributed by atoms with Crippen molar-refractivity contribution >= 4 is 34.5 Å². The fourth-order valence-corrected chi connectivity index (χ4v) is 5.08. The van der Waals surface area contributed by atoms with Gasteiger partial charge in [0.25, 0.3) is 5.56 Å². The van der Waals surface area contributed by atoms with Crippen LogP contribution in [-0.2, 0) is 9.59 Å². The van der Waals surface area contributed by atoms with Crippen LogP contribution < -0.4 is 10.9 Å². The van der Waals surface area contributed by atoms with Crippen molar-refractivity contribution in [3.63, 3.8) is 0 Å². The molecular weight excluding hydrogens is 436 g/mol. The van der Waals surface area contributed by atoms with Crippen LogP contribution in [0.15, 0.2) is 52.4 Å². The number of amides is 2. The highest BCUT2D eigenvalue weighted by atomic mass is 32.2. The molecule has 0 saturated carbocycles. The van der Waals surface area contributed by atoms with Crippen molar-refractivity contribution in [2.75, 3.05) is 18.8 Å². The van der Waals surface area contributed by atoms with Gasteiger partial charge in [0.1, 0.15) is 0 Å². The van der Waals surface area contributed by atoms with Gasteiger partial charge >= 0.3 is 0 Å². The summed E-state index contributed by atoms with van der Waals surface area (Å²) >= 11 is 1.26. The Morgan fingerprint density at radius 2 is 1.76 bits per heavy atom. The second-order valence-corrected chi connectivity index (χ2v) is 9.48. The van der Waals surface area contributed by atoms with E-state index in [2.05, 4.69) is 11.4 Å². The van der Waals surface area contributed by atoms with E-state index in [-0.39, 0.29) is 29.2 Å². The van der Waals surface area contributed by atoms with Crippen LogP contribution in [0.3, 0.4) is 0 Å². The van der Waals surface area contributed by atoms with Crippen LogP contribution >= 0.6 is 11.8 Å². The third-order valence-corrected chi connectivity index (χ3v) is 6.79. The lowest BCUT2D eigenvalue weighted by Gasteiger charge is -2.31. The van der Waals surface area contributed by atoms with Crippen LogP contribution in [0.4, 0.5) is 0 Å². The number of carbonyl (C=O) groups excluding carboxylic acids is 2. The molecule has 1 aliphatic heterocycles. The second-order valence-electron chi connectivity index (χ2n) is 8.53. The number of thioether (sulfide) groups is 1. The van der Waals surface area contributed by atoms with Gasteiger partial charge in [-0.3, -0.25) is 19.0 Å². The standard InChI is InChI=1S/C25H28N4O3S/c1-16-12-17(2)14-20(13-16)29-24(32)21-6-4-5-7-22(21)27-25(29)33-15-23(31)26-19-8-10-28(11-9-19)18(3)30/h4-7,12-14,19H,8-11,15H2,1-3H3,(H,26,31). The fraction of sp³-hybridized carbons (Fsp3) is 0.360. The Balaban J connectivity index is 1.56. The molecule has 3 aromatic rings. The number of aromatic nitrogens is 2. The molecule has 172 valence electrons. The van der Waals surface area contributed by atoms with Crippen LogP contribution in [0.5, 0.6) is 0 Å². The first kappa shape index (κ1) is 23.0. The minimum absolute atomic E-state index is 0.0554. The summed E-state index contributed by atoms with van der Waals surface area (Å²) in [6.45, 7) is 6.88. The first-order chi connectivity index (χ1) is 15.8. The molecule has 33 heavy (non-hydrogen) atoms. The van der Waals surface area contributed by atoms with Gasteiger partial charge in [-0.25, -0.2) is 4.98 Å². The molecule has 0 bridgehead atoms. The molecule has 1 saturated heterocycles. The average molecular weight is 465 g/mol. The van der Waals surface area contributed by atoms with Gasteiger partial charge in [0.05, 0.1) is 22.3 Å². The Morgan fingerprint density at radius 1 is 1.09 bits per heavy atom. The molecule has 0 atom stereocenters. The van der Waals surface area contributed by atoms with Crippen molar-refractivity contribution < 1.29 is 9.59 Å². The largest absolute Gasteiger partial charge is 0.353 e. The Labute approximate surface area is 197 Å². The summed E-state index contributed by atoms with van der Waals surface area (Å²) in [4.78, 5) is 44.1. The normalized spacial score (nSPS) is 14.5. The molecular formula is C25H28N4O3S. The maximum atomic E-state index is 13.4. The predicted molar refractivity (Wildman–Crippen MR) is 131 cm³/mol. The van der Waals surface area contributed by atoms with Gasteiger partial charge in [-0.2, -0.15) is 0 Å². The summed E-state index contributed by atoms with van der Waals surface area (Å²) in [5.74, 6) is 0.125. The number of piperidine rings is 1. The molecule has 1 fully saturated rings. The summed E-state index contributed by atoms with van der Waals surface area (Å²) in [6.07, 6.45) is 1.50. The monoisotopic (exact) mass is 464 g/mol. The lowest BCUT2D eigenvalue weighted by Crippen LogP contribution is -2.46. The number of nitrogens with zero attached hydrogens (tertiary/aromatic N) is 3. The summed E-state index contributed by atoms with van der Waals surface area (Å²) in [5.41, 5.74) is 3.31. The van der Waals surface area contributed by atoms with Crippen molar-refractivity contribution in [3.05, 3.63) is 63.9 Å². The van der Waals surface area contributed by atoms with Gasteiger partial charge in [-0.15, -0.1) is 0 Å². The molecule has 2 heterocycles. The number of rotatable bonds is 5. The molecule has 1 aromatic heterocycles. The zero-order valence-electron chi connectivity index (χ0n) is 19.1. The highest BCUT2D eigenvalue weighted by Crippen LogP contribution is 2.23. The van der Waals surface area contributed by atoms with Gasteiger partial charge in [-0.1, -0.05) is 30.0 Å². The molecule has 1 aliphatic rings. The van der Waals surface area contributed by atoms with Gasteiger partial charge in [0.2, 0.25) is 11.8 Å². The van der Waals surface area contributed by atoms with E-state index in [4.69, 9.17) is 4.98 Å². The average Bonchev–Trinajstić information content (AvgIpc) is 2.77. The fourth-order valence-electron chi connectivity index (χ4n) is 4.25. The highest BCUT2D eigenvalue weighted by molar-refractivity contribution is 7.99. The number of fused-ring (bicyclic) bond motifs is 1. The third kappa shape index (κ3) is 5.27. The van der Waals surface area contributed by atoms with Crippen LogP contribution in [0.1, 0.15) is 30.9 Å². The number of benzene rings is 2. The Kier molecular flexibility index (Phi) is 6.83. The maximum Gasteiger partial charge on any atom is 0.266 e. The van der Waals surface area contributed by atoms with E-state index in [0.717, 1.165) is 29.7 Å². The molecule has 8 heteroatoms. The summed E-state index contributed by atoms with van der Waals surface area (Å²) in [6, 6.07) is 13.3. The van der Waals surface area contributed by atoms with E-state index in [0.29, 0.717) is 29.1 Å². The third-order valence-electron chi connectivity index (χ3n) is 5.85. The quantitative estimate of drug-likeness (QED) is 0.463. The van der Waals surface area contributed by atoms with Crippen molar-refractivity contribution in [2.45, 2.75) is 44.8 Å². The van der Waals surface area contributed by atoms with Crippen molar-refractivity contribution in [3.8, 4) is 5.69 Å². The minimum Gasteiger partial charge on any atom is -0.353 e. The molecule has 0 radical (unpaired) electrons. The smallest absolute Gasteiger partial charge is 0.266 e. The molecule has 2 aromatic carbocycles.